The second-order valence-electron chi connectivity index (χ2n) is 7.31. The van der Waals surface area contributed by atoms with Crippen molar-refractivity contribution in [3.8, 4) is 11.5 Å². The van der Waals surface area contributed by atoms with E-state index in [0.29, 0.717) is 40.9 Å². The largest absolute Gasteiger partial charge is 0.458 e. The lowest BCUT2D eigenvalue weighted by atomic mass is 9.85. The van der Waals surface area contributed by atoms with Crippen molar-refractivity contribution in [2.45, 2.75) is 57.7 Å². The van der Waals surface area contributed by atoms with Crippen molar-refractivity contribution in [2.75, 3.05) is 5.32 Å². The summed E-state index contributed by atoms with van der Waals surface area (Å²) in [5.41, 5.74) is 0.678. The van der Waals surface area contributed by atoms with Gasteiger partial charge in [0.05, 0.1) is 12.6 Å². The Morgan fingerprint density at radius 3 is 2.93 bits per heavy atom. The minimum absolute atomic E-state index is 0. The molecule has 3 atom stereocenters. The van der Waals surface area contributed by atoms with Crippen LogP contribution in [0.25, 0.3) is 11.5 Å². The van der Waals surface area contributed by atoms with Gasteiger partial charge in [-0.1, -0.05) is 12.8 Å². The zero-order valence-corrected chi connectivity index (χ0v) is 17.3. The molecule has 1 aliphatic heterocycles. The van der Waals surface area contributed by atoms with Gasteiger partial charge in [0.25, 0.3) is 0 Å². The quantitative estimate of drug-likeness (QED) is 0.684. The summed E-state index contributed by atoms with van der Waals surface area (Å²) in [7, 11) is 0. The van der Waals surface area contributed by atoms with Gasteiger partial charge in [0.1, 0.15) is 11.5 Å². The first-order valence-electron chi connectivity index (χ1n) is 9.44. The number of rotatable bonds is 5. The first kappa shape index (κ1) is 20.8. The topological polar surface area (TPSA) is 96.3 Å². The van der Waals surface area contributed by atoms with Gasteiger partial charge in [0.2, 0.25) is 11.8 Å². The minimum atomic E-state index is -0.127. The zero-order valence-electron chi connectivity index (χ0n) is 15.7. The minimum Gasteiger partial charge on any atom is -0.458 e. The highest BCUT2D eigenvalue weighted by Gasteiger charge is 2.38. The highest BCUT2D eigenvalue weighted by atomic mass is 35.5. The molecule has 28 heavy (non-hydrogen) atoms. The van der Waals surface area contributed by atoms with Crippen molar-refractivity contribution in [1.82, 2.24) is 15.6 Å². The molecule has 1 aliphatic carbocycles. The molecule has 1 saturated carbocycles. The molecule has 0 aromatic carbocycles. The highest BCUT2D eigenvalue weighted by Crippen LogP contribution is 2.34. The molecule has 9 heteroatoms. The summed E-state index contributed by atoms with van der Waals surface area (Å²) in [5.74, 6) is 1.81. The third kappa shape index (κ3) is 4.74. The summed E-state index contributed by atoms with van der Waals surface area (Å²) in [4.78, 5) is 28.0. The van der Waals surface area contributed by atoms with Crippen LogP contribution < -0.4 is 16.0 Å². The molecule has 0 radical (unpaired) electrons. The molecule has 4 rings (SSSR count). The van der Waals surface area contributed by atoms with E-state index in [2.05, 4.69) is 20.9 Å². The second-order valence-corrected chi connectivity index (χ2v) is 8.17. The van der Waals surface area contributed by atoms with Gasteiger partial charge in [-0.2, -0.15) is 0 Å². The SMILES string of the molecule is CC(=O)NCc1ccc(-c2csc(NC(=O)C3CC4CCCCC4N3)n2)o1.Cl. The molecule has 2 amide bonds. The van der Waals surface area contributed by atoms with Crippen LogP contribution in [0.5, 0.6) is 0 Å². The second kappa shape index (κ2) is 9.07. The molecule has 0 bridgehead atoms. The average Bonchev–Trinajstić information content (AvgIpc) is 3.38. The van der Waals surface area contributed by atoms with Crippen molar-refractivity contribution < 1.29 is 14.0 Å². The third-order valence-corrected chi connectivity index (χ3v) is 6.10. The Balaban J connectivity index is 0.00000225. The van der Waals surface area contributed by atoms with Crippen molar-refractivity contribution >= 4 is 40.7 Å². The van der Waals surface area contributed by atoms with E-state index in [4.69, 9.17) is 4.42 Å². The number of anilines is 1. The summed E-state index contributed by atoms with van der Waals surface area (Å²) >= 11 is 1.38. The van der Waals surface area contributed by atoms with Crippen LogP contribution in [0.3, 0.4) is 0 Å². The first-order chi connectivity index (χ1) is 13.1. The molecule has 0 spiro atoms. The molecule has 152 valence electrons. The molecule has 3 heterocycles. The van der Waals surface area contributed by atoms with Gasteiger partial charge in [0.15, 0.2) is 10.9 Å². The number of nitrogens with one attached hydrogen (secondary N) is 3. The van der Waals surface area contributed by atoms with E-state index in [0.717, 1.165) is 6.42 Å². The van der Waals surface area contributed by atoms with Gasteiger partial charge in [0, 0.05) is 18.3 Å². The number of hydrogen-bond acceptors (Lipinski definition) is 6. The van der Waals surface area contributed by atoms with Gasteiger partial charge in [-0.15, -0.1) is 23.7 Å². The van der Waals surface area contributed by atoms with E-state index in [9.17, 15) is 9.59 Å². The lowest BCUT2D eigenvalue weighted by molar-refractivity contribution is -0.119. The van der Waals surface area contributed by atoms with Gasteiger partial charge in [-0.05, 0) is 37.3 Å². The summed E-state index contributed by atoms with van der Waals surface area (Å²) in [5, 5.41) is 11.6. The molecule has 1 saturated heterocycles. The normalized spacial score (nSPS) is 23.5. The zero-order chi connectivity index (χ0) is 18.8. The number of aromatic nitrogens is 1. The van der Waals surface area contributed by atoms with E-state index in [1.54, 1.807) is 0 Å². The van der Waals surface area contributed by atoms with Crippen LogP contribution in [0, 0.1) is 5.92 Å². The molecule has 2 aliphatic rings. The lowest BCUT2D eigenvalue weighted by Gasteiger charge is -2.24. The standard InChI is InChI=1S/C19H24N4O3S.ClH/c1-11(24)20-9-13-6-7-17(26-13)16-10-27-19(22-16)23-18(25)15-8-12-4-2-3-5-14(12)21-15;/h6-7,10,12,14-15,21H,2-5,8-9H2,1H3,(H,20,24)(H,22,23,25);1H. The van der Waals surface area contributed by atoms with Crippen LogP contribution in [0.4, 0.5) is 5.13 Å². The molecular formula is C19H25ClN4O3S. The highest BCUT2D eigenvalue weighted by molar-refractivity contribution is 7.14. The van der Waals surface area contributed by atoms with Gasteiger partial charge in [-0.25, -0.2) is 4.98 Å². The van der Waals surface area contributed by atoms with Crippen LogP contribution in [0.15, 0.2) is 21.9 Å². The van der Waals surface area contributed by atoms with Crippen molar-refractivity contribution in [1.29, 1.82) is 0 Å². The van der Waals surface area contributed by atoms with E-state index >= 15 is 0 Å². The fourth-order valence-electron chi connectivity index (χ4n) is 3.98. The number of amides is 2. The van der Waals surface area contributed by atoms with Crippen LogP contribution >= 0.6 is 23.7 Å². The molecular weight excluding hydrogens is 400 g/mol. The Labute approximate surface area is 174 Å². The molecule has 3 N–H and O–H groups in total. The Kier molecular flexibility index (Phi) is 6.74. The number of carbonyl (C=O) groups is 2. The summed E-state index contributed by atoms with van der Waals surface area (Å²) in [6.07, 6.45) is 5.85. The van der Waals surface area contributed by atoms with Crippen molar-refractivity contribution in [3.63, 3.8) is 0 Å². The van der Waals surface area contributed by atoms with E-state index < -0.39 is 0 Å². The Hall–Kier alpha value is -1.90. The Morgan fingerprint density at radius 1 is 1.32 bits per heavy atom. The molecule has 3 unspecified atom stereocenters. The van der Waals surface area contributed by atoms with Gasteiger partial charge in [-0.3, -0.25) is 9.59 Å². The maximum atomic E-state index is 12.6. The maximum Gasteiger partial charge on any atom is 0.243 e. The smallest absolute Gasteiger partial charge is 0.243 e. The summed E-state index contributed by atoms with van der Waals surface area (Å²) in [6, 6.07) is 4.00. The Bertz CT molecular complexity index is 823. The van der Waals surface area contributed by atoms with Crippen LogP contribution in [0.2, 0.25) is 0 Å². The fourth-order valence-corrected chi connectivity index (χ4v) is 4.68. The van der Waals surface area contributed by atoms with Crippen LogP contribution in [0.1, 0.15) is 44.8 Å². The summed E-state index contributed by atoms with van der Waals surface area (Å²) in [6.45, 7) is 1.81. The Morgan fingerprint density at radius 2 is 2.14 bits per heavy atom. The predicted molar refractivity (Wildman–Crippen MR) is 111 cm³/mol. The predicted octanol–water partition coefficient (Wildman–Crippen LogP) is 3.32. The number of furan rings is 1. The van der Waals surface area contributed by atoms with Gasteiger partial charge < -0.3 is 20.4 Å². The van der Waals surface area contributed by atoms with E-state index in [1.807, 2.05) is 17.5 Å². The van der Waals surface area contributed by atoms with Crippen molar-refractivity contribution in [3.05, 3.63) is 23.3 Å². The molecule has 2 aromatic heterocycles. The molecule has 2 aromatic rings. The number of halogens is 1. The number of thiazole rings is 1. The number of fused-ring (bicyclic) bond motifs is 1. The number of nitrogens with zero attached hydrogens (tertiary/aromatic N) is 1. The molecule has 7 nitrogen and oxygen atoms in total. The van der Waals surface area contributed by atoms with Crippen LogP contribution in [-0.2, 0) is 16.1 Å². The number of hydrogen-bond donors (Lipinski definition) is 3. The van der Waals surface area contributed by atoms with Crippen LogP contribution in [-0.4, -0.2) is 28.9 Å². The van der Waals surface area contributed by atoms with Crippen molar-refractivity contribution in [2.24, 2.45) is 5.92 Å². The average molecular weight is 425 g/mol. The van der Waals surface area contributed by atoms with E-state index in [1.165, 1.54) is 43.9 Å². The maximum absolute atomic E-state index is 12.6. The summed E-state index contributed by atoms with van der Waals surface area (Å²) < 4.78 is 5.71. The fraction of sp³-hybridized carbons (Fsp3) is 0.526. The first-order valence-corrected chi connectivity index (χ1v) is 10.3. The lowest BCUT2D eigenvalue weighted by Crippen LogP contribution is -2.39. The van der Waals surface area contributed by atoms with E-state index in [-0.39, 0.29) is 30.3 Å². The monoisotopic (exact) mass is 424 g/mol. The third-order valence-electron chi connectivity index (χ3n) is 5.34. The van der Waals surface area contributed by atoms with Gasteiger partial charge >= 0.3 is 0 Å². The molecule has 2 fully saturated rings. The number of carbonyl (C=O) groups excluding carboxylic acids is 2.